The molecule has 2 N–H and O–H groups in total. The van der Waals surface area contributed by atoms with E-state index >= 15 is 0 Å². The van der Waals surface area contributed by atoms with E-state index in [4.69, 9.17) is 0 Å². The fourth-order valence-corrected chi connectivity index (χ4v) is 1.84. The van der Waals surface area contributed by atoms with E-state index in [1.54, 1.807) is 0 Å². The van der Waals surface area contributed by atoms with Gasteiger partial charge in [0.15, 0.2) is 0 Å². The Labute approximate surface area is 128 Å². The summed E-state index contributed by atoms with van der Waals surface area (Å²) in [4.78, 5) is 23.5. The number of amides is 1. The van der Waals surface area contributed by atoms with E-state index in [1.165, 1.54) is 7.11 Å². The van der Waals surface area contributed by atoms with Gasteiger partial charge in [-0.1, -0.05) is 20.8 Å². The molecule has 1 unspecified atom stereocenters. The molecule has 0 saturated carbocycles. The van der Waals surface area contributed by atoms with Crippen LogP contribution in [0.1, 0.15) is 20.8 Å². The molecule has 0 aliphatic rings. The first kappa shape index (κ1) is 18.0. The minimum absolute atomic E-state index is 0.243. The van der Waals surface area contributed by atoms with Gasteiger partial charge >= 0.3 is 5.97 Å². The zero-order chi connectivity index (χ0) is 16.9. The van der Waals surface area contributed by atoms with Crippen molar-refractivity contribution in [3.8, 4) is 0 Å². The minimum atomic E-state index is -0.741. The Morgan fingerprint density at radius 2 is 1.91 bits per heavy atom. The Bertz CT molecular complexity index is 556. The molecule has 1 amide bonds. The highest BCUT2D eigenvalue weighted by Crippen LogP contribution is 2.20. The molecule has 22 heavy (non-hydrogen) atoms. The van der Waals surface area contributed by atoms with Gasteiger partial charge in [-0.05, 0) is 17.5 Å². The summed E-state index contributed by atoms with van der Waals surface area (Å²) in [5.41, 5.74) is -0.727. The Kier molecular flexibility index (Phi) is 5.99. The molecule has 0 radical (unpaired) electrons. The third-order valence-electron chi connectivity index (χ3n) is 2.97. The van der Waals surface area contributed by atoms with Crippen molar-refractivity contribution in [2.45, 2.75) is 26.8 Å². The number of nitrogens with one attached hydrogen (secondary N) is 2. The van der Waals surface area contributed by atoms with Crippen molar-refractivity contribution in [1.82, 2.24) is 5.32 Å². The Morgan fingerprint density at radius 1 is 1.27 bits per heavy atom. The van der Waals surface area contributed by atoms with Crippen LogP contribution < -0.4 is 10.6 Å². The highest BCUT2D eigenvalue weighted by molar-refractivity contribution is 5.92. The molecule has 0 heterocycles. The van der Waals surface area contributed by atoms with E-state index in [1.807, 2.05) is 20.8 Å². The van der Waals surface area contributed by atoms with Crippen LogP contribution in [0.2, 0.25) is 0 Å². The number of esters is 1. The second-order valence-electron chi connectivity index (χ2n) is 5.88. The van der Waals surface area contributed by atoms with Gasteiger partial charge in [-0.25, -0.2) is 8.78 Å². The lowest BCUT2D eigenvalue weighted by atomic mass is 9.87. The maximum Gasteiger partial charge on any atom is 0.323 e. The zero-order valence-electron chi connectivity index (χ0n) is 13.0. The van der Waals surface area contributed by atoms with E-state index < -0.39 is 35.0 Å². The summed E-state index contributed by atoms with van der Waals surface area (Å²) >= 11 is 0. The number of hydrogen-bond donors (Lipinski definition) is 2. The van der Waals surface area contributed by atoms with Gasteiger partial charge in [0.25, 0.3) is 0 Å². The average molecular weight is 314 g/mol. The third-order valence-corrected chi connectivity index (χ3v) is 2.97. The van der Waals surface area contributed by atoms with E-state index in [0.29, 0.717) is 0 Å². The summed E-state index contributed by atoms with van der Waals surface area (Å²) in [6.07, 6.45) is 0. The summed E-state index contributed by atoms with van der Waals surface area (Å²) in [6, 6.07) is 2.05. The van der Waals surface area contributed by atoms with E-state index in [-0.39, 0.29) is 12.2 Å². The van der Waals surface area contributed by atoms with Gasteiger partial charge in [-0.15, -0.1) is 0 Å². The molecule has 5 nitrogen and oxygen atoms in total. The fourth-order valence-electron chi connectivity index (χ4n) is 1.84. The van der Waals surface area contributed by atoms with E-state index in [9.17, 15) is 18.4 Å². The Hall–Kier alpha value is -2.02. The number of ether oxygens (including phenoxy) is 1. The average Bonchev–Trinajstić information content (AvgIpc) is 2.41. The number of methoxy groups -OCH3 is 1. The second kappa shape index (κ2) is 7.31. The van der Waals surface area contributed by atoms with Gasteiger partial charge < -0.3 is 10.1 Å². The Balaban J connectivity index is 2.68. The van der Waals surface area contributed by atoms with Crippen LogP contribution in [0, 0.1) is 17.0 Å². The predicted octanol–water partition coefficient (Wildman–Crippen LogP) is 2.08. The highest BCUT2D eigenvalue weighted by Gasteiger charge is 2.32. The van der Waals surface area contributed by atoms with Crippen LogP contribution in [0.15, 0.2) is 18.2 Å². The van der Waals surface area contributed by atoms with Crippen molar-refractivity contribution in [2.75, 3.05) is 19.0 Å². The first-order chi connectivity index (χ1) is 10.1. The molecule has 1 aromatic rings. The summed E-state index contributed by atoms with van der Waals surface area (Å²) < 4.78 is 31.1. The summed E-state index contributed by atoms with van der Waals surface area (Å²) in [7, 11) is 1.25. The molecule has 0 aliphatic carbocycles. The first-order valence-electron chi connectivity index (χ1n) is 6.71. The van der Waals surface area contributed by atoms with Gasteiger partial charge in [0, 0.05) is 6.07 Å². The van der Waals surface area contributed by atoms with Crippen LogP contribution >= 0.6 is 0 Å². The zero-order valence-corrected chi connectivity index (χ0v) is 13.0. The van der Waals surface area contributed by atoms with Crippen molar-refractivity contribution >= 4 is 17.6 Å². The number of hydrogen-bond acceptors (Lipinski definition) is 4. The van der Waals surface area contributed by atoms with Crippen LogP contribution in [0.5, 0.6) is 0 Å². The van der Waals surface area contributed by atoms with Crippen molar-refractivity contribution in [1.29, 1.82) is 0 Å². The molecular formula is C15H20F2N2O3. The first-order valence-corrected chi connectivity index (χ1v) is 6.71. The smallest absolute Gasteiger partial charge is 0.323 e. The second-order valence-corrected chi connectivity index (χ2v) is 5.88. The topological polar surface area (TPSA) is 67.4 Å². The molecule has 7 heteroatoms. The molecule has 0 bridgehead atoms. The maximum absolute atomic E-state index is 13.4. The quantitative estimate of drug-likeness (QED) is 0.817. The number of carbonyl (C=O) groups is 2. The van der Waals surface area contributed by atoms with Crippen LogP contribution in [0.25, 0.3) is 0 Å². The van der Waals surface area contributed by atoms with Gasteiger partial charge in [0.1, 0.15) is 17.7 Å². The van der Waals surface area contributed by atoms with Crippen molar-refractivity contribution < 1.29 is 23.1 Å². The molecule has 1 atom stereocenters. The normalized spacial score (nSPS) is 12.6. The minimum Gasteiger partial charge on any atom is -0.468 e. The number of halogens is 2. The molecule has 122 valence electrons. The van der Waals surface area contributed by atoms with Crippen LogP contribution in [-0.4, -0.2) is 31.6 Å². The van der Waals surface area contributed by atoms with Crippen molar-refractivity contribution in [3.05, 3.63) is 29.8 Å². The maximum atomic E-state index is 13.4. The van der Waals surface area contributed by atoms with Crippen LogP contribution in [0.3, 0.4) is 0 Å². The SMILES string of the molecule is COC(=O)C(NCC(=O)Nc1cc(F)ccc1F)C(C)(C)C. The lowest BCUT2D eigenvalue weighted by Crippen LogP contribution is -2.49. The van der Waals surface area contributed by atoms with Gasteiger partial charge in [0.05, 0.1) is 19.3 Å². The summed E-state index contributed by atoms with van der Waals surface area (Å²) in [5, 5.41) is 5.01. The number of benzene rings is 1. The molecule has 1 aromatic carbocycles. The monoisotopic (exact) mass is 314 g/mol. The van der Waals surface area contributed by atoms with Gasteiger partial charge in [-0.3, -0.25) is 14.9 Å². The number of anilines is 1. The fraction of sp³-hybridized carbons (Fsp3) is 0.467. The molecule has 0 aliphatic heterocycles. The van der Waals surface area contributed by atoms with E-state index in [0.717, 1.165) is 18.2 Å². The van der Waals surface area contributed by atoms with Gasteiger partial charge in [-0.2, -0.15) is 0 Å². The lowest BCUT2D eigenvalue weighted by Gasteiger charge is -2.28. The highest BCUT2D eigenvalue weighted by atomic mass is 19.1. The van der Waals surface area contributed by atoms with Gasteiger partial charge in [0.2, 0.25) is 5.91 Å². The molecule has 1 rings (SSSR count). The Morgan fingerprint density at radius 3 is 2.45 bits per heavy atom. The van der Waals surface area contributed by atoms with Crippen LogP contribution in [0.4, 0.5) is 14.5 Å². The largest absolute Gasteiger partial charge is 0.468 e. The van der Waals surface area contributed by atoms with Crippen molar-refractivity contribution in [3.63, 3.8) is 0 Å². The summed E-state index contributed by atoms with van der Waals surface area (Å²) in [6.45, 7) is 5.19. The van der Waals surface area contributed by atoms with Crippen LogP contribution in [-0.2, 0) is 14.3 Å². The van der Waals surface area contributed by atoms with E-state index in [2.05, 4.69) is 15.4 Å². The molecular weight excluding hydrogens is 294 g/mol. The predicted molar refractivity (Wildman–Crippen MR) is 78.2 cm³/mol. The lowest BCUT2D eigenvalue weighted by molar-refractivity contribution is -0.146. The molecule has 0 fully saturated rings. The number of rotatable bonds is 5. The van der Waals surface area contributed by atoms with Crippen molar-refractivity contribution in [2.24, 2.45) is 5.41 Å². The third kappa shape index (κ3) is 5.07. The number of carbonyl (C=O) groups excluding carboxylic acids is 2. The summed E-state index contributed by atoms with van der Waals surface area (Å²) in [5.74, 6) is -2.50. The standard InChI is InChI=1S/C15H20F2N2O3/c1-15(2,3)13(14(21)22-4)18-8-12(20)19-11-7-9(16)5-6-10(11)17/h5-7,13,18H,8H2,1-4H3,(H,19,20). The molecule has 0 aromatic heterocycles. The molecule has 0 spiro atoms. The molecule has 0 saturated heterocycles.